The number of carbonyl (C=O) groups is 2. The van der Waals surface area contributed by atoms with Crippen LogP contribution in [-0.4, -0.2) is 23.6 Å². The fourth-order valence-electron chi connectivity index (χ4n) is 2.77. The van der Waals surface area contributed by atoms with Crippen molar-refractivity contribution in [3.63, 3.8) is 0 Å². The predicted molar refractivity (Wildman–Crippen MR) is 93.7 cm³/mol. The number of aryl methyl sites for hydroxylation is 1. The van der Waals surface area contributed by atoms with E-state index in [1.165, 1.54) is 5.56 Å². The number of hydrogen-bond donors (Lipinski definition) is 2. The van der Waals surface area contributed by atoms with Gasteiger partial charge in [-0.25, -0.2) is 4.79 Å². The van der Waals surface area contributed by atoms with E-state index >= 15 is 0 Å². The molecule has 5 nitrogen and oxygen atoms in total. The molecule has 2 aromatic carbocycles. The van der Waals surface area contributed by atoms with Gasteiger partial charge in [0.05, 0.1) is 6.04 Å². The van der Waals surface area contributed by atoms with Crippen LogP contribution in [-0.2, 0) is 4.79 Å². The minimum absolute atomic E-state index is 0.00306. The van der Waals surface area contributed by atoms with E-state index in [4.69, 9.17) is 9.84 Å². The Kier molecular flexibility index (Phi) is 5.03. The molecule has 0 radical (unpaired) electrons. The molecular weight excluding hydrogens is 318 g/mol. The molecule has 1 amide bonds. The molecule has 1 fully saturated rings. The van der Waals surface area contributed by atoms with E-state index in [0.717, 1.165) is 18.4 Å². The molecule has 25 heavy (non-hydrogen) atoms. The maximum atomic E-state index is 12.6. The molecule has 1 aliphatic rings. The summed E-state index contributed by atoms with van der Waals surface area (Å²) in [6.07, 6.45) is 2.22. The Morgan fingerprint density at radius 1 is 1.20 bits per heavy atom. The third kappa shape index (κ3) is 4.59. The number of benzene rings is 2. The van der Waals surface area contributed by atoms with Crippen LogP contribution < -0.4 is 10.1 Å². The normalized spacial score (nSPS) is 14.6. The third-order valence-corrected chi connectivity index (χ3v) is 4.28. The number of rotatable bonds is 7. The number of ether oxygens (including phenoxy) is 1. The highest BCUT2D eigenvalue weighted by Crippen LogP contribution is 2.41. The molecule has 0 spiro atoms. The summed E-state index contributed by atoms with van der Waals surface area (Å²) in [5.74, 6) is -0.396. The lowest BCUT2D eigenvalue weighted by molar-refractivity contribution is -0.139. The summed E-state index contributed by atoms with van der Waals surface area (Å²) in [6.45, 7) is 1.61. The molecule has 1 unspecified atom stereocenters. The van der Waals surface area contributed by atoms with Crippen molar-refractivity contribution in [2.45, 2.75) is 25.8 Å². The zero-order chi connectivity index (χ0) is 17.8. The van der Waals surface area contributed by atoms with Gasteiger partial charge in [0.25, 0.3) is 5.91 Å². The van der Waals surface area contributed by atoms with E-state index in [1.807, 2.05) is 6.92 Å². The topological polar surface area (TPSA) is 75.6 Å². The van der Waals surface area contributed by atoms with Crippen molar-refractivity contribution in [3.05, 3.63) is 65.2 Å². The van der Waals surface area contributed by atoms with Gasteiger partial charge in [-0.05, 0) is 49.4 Å². The molecule has 0 aliphatic heterocycles. The summed E-state index contributed by atoms with van der Waals surface area (Å²) in [5, 5.41) is 11.8. The van der Waals surface area contributed by atoms with Gasteiger partial charge < -0.3 is 15.2 Å². The van der Waals surface area contributed by atoms with Crippen molar-refractivity contribution < 1.29 is 19.4 Å². The fourth-order valence-corrected chi connectivity index (χ4v) is 2.77. The largest absolute Gasteiger partial charge is 0.482 e. The number of aliphatic carboxylic acids is 1. The Morgan fingerprint density at radius 2 is 1.92 bits per heavy atom. The lowest BCUT2D eigenvalue weighted by Gasteiger charge is -2.19. The van der Waals surface area contributed by atoms with Crippen LogP contribution in [0, 0.1) is 12.8 Å². The van der Waals surface area contributed by atoms with Crippen LogP contribution in [0.4, 0.5) is 0 Å². The van der Waals surface area contributed by atoms with Crippen LogP contribution in [0.15, 0.2) is 48.5 Å². The summed E-state index contributed by atoms with van der Waals surface area (Å²) >= 11 is 0. The first-order chi connectivity index (χ1) is 12.0. The maximum absolute atomic E-state index is 12.6. The van der Waals surface area contributed by atoms with Crippen LogP contribution in [0.1, 0.15) is 40.4 Å². The molecule has 5 heteroatoms. The monoisotopic (exact) mass is 339 g/mol. The second-order valence-electron chi connectivity index (χ2n) is 6.41. The van der Waals surface area contributed by atoms with Crippen molar-refractivity contribution in [3.8, 4) is 5.75 Å². The average molecular weight is 339 g/mol. The van der Waals surface area contributed by atoms with Gasteiger partial charge in [-0.3, -0.25) is 4.79 Å². The minimum Gasteiger partial charge on any atom is -0.482 e. The predicted octanol–water partition coefficient (Wildman–Crippen LogP) is 3.34. The van der Waals surface area contributed by atoms with Crippen molar-refractivity contribution >= 4 is 11.9 Å². The van der Waals surface area contributed by atoms with E-state index in [2.05, 4.69) is 29.6 Å². The van der Waals surface area contributed by atoms with E-state index < -0.39 is 12.6 Å². The fraction of sp³-hybridized carbons (Fsp3) is 0.300. The van der Waals surface area contributed by atoms with Crippen LogP contribution >= 0.6 is 0 Å². The lowest BCUT2D eigenvalue weighted by atomic mass is 10.0. The molecule has 2 aromatic rings. The average Bonchev–Trinajstić information content (AvgIpc) is 3.44. The van der Waals surface area contributed by atoms with Crippen LogP contribution in [0.3, 0.4) is 0 Å². The number of carboxylic acid groups (broad SMARTS) is 1. The number of carboxylic acids is 1. The number of hydrogen-bond acceptors (Lipinski definition) is 3. The highest BCUT2D eigenvalue weighted by Gasteiger charge is 2.33. The zero-order valence-electron chi connectivity index (χ0n) is 14.1. The first-order valence-corrected chi connectivity index (χ1v) is 8.35. The highest BCUT2D eigenvalue weighted by atomic mass is 16.5. The molecule has 1 saturated carbocycles. The summed E-state index contributed by atoms with van der Waals surface area (Å²) in [4.78, 5) is 23.2. The van der Waals surface area contributed by atoms with Crippen molar-refractivity contribution in [2.75, 3.05) is 6.61 Å². The van der Waals surface area contributed by atoms with Gasteiger partial charge in [-0.1, -0.05) is 35.9 Å². The lowest BCUT2D eigenvalue weighted by Crippen LogP contribution is -2.29. The van der Waals surface area contributed by atoms with Crippen molar-refractivity contribution in [1.82, 2.24) is 5.32 Å². The smallest absolute Gasteiger partial charge is 0.341 e. The zero-order valence-corrected chi connectivity index (χ0v) is 14.1. The SMILES string of the molecule is Cc1ccc(C(NC(=O)c2cccc(OCC(=O)O)c2)C2CC2)cc1. The second kappa shape index (κ2) is 7.38. The Labute approximate surface area is 146 Å². The van der Waals surface area contributed by atoms with Crippen LogP contribution in [0.25, 0.3) is 0 Å². The molecule has 0 aromatic heterocycles. The van der Waals surface area contributed by atoms with Gasteiger partial charge in [0.1, 0.15) is 5.75 Å². The second-order valence-corrected chi connectivity index (χ2v) is 6.41. The summed E-state index contributed by atoms with van der Waals surface area (Å²) in [5.41, 5.74) is 2.76. The van der Waals surface area contributed by atoms with Gasteiger partial charge in [-0.15, -0.1) is 0 Å². The number of carbonyl (C=O) groups excluding carboxylic acids is 1. The molecule has 3 rings (SSSR count). The van der Waals surface area contributed by atoms with E-state index in [-0.39, 0.29) is 11.9 Å². The van der Waals surface area contributed by atoms with Gasteiger partial charge in [0.15, 0.2) is 6.61 Å². The number of amides is 1. The standard InChI is InChI=1S/C20H21NO4/c1-13-5-7-14(8-6-13)19(15-9-10-15)21-20(24)16-3-2-4-17(11-16)25-12-18(22)23/h2-8,11,15,19H,9-10,12H2,1H3,(H,21,24)(H,22,23). The van der Waals surface area contributed by atoms with E-state index in [9.17, 15) is 9.59 Å². The van der Waals surface area contributed by atoms with E-state index in [1.54, 1.807) is 24.3 Å². The molecule has 130 valence electrons. The summed E-state index contributed by atoms with van der Waals surface area (Å²) in [6, 6.07) is 14.8. The number of nitrogens with one attached hydrogen (secondary N) is 1. The molecule has 2 N–H and O–H groups in total. The van der Waals surface area contributed by atoms with Gasteiger partial charge >= 0.3 is 5.97 Å². The summed E-state index contributed by atoms with van der Waals surface area (Å²) < 4.78 is 5.14. The van der Waals surface area contributed by atoms with Crippen molar-refractivity contribution in [1.29, 1.82) is 0 Å². The van der Waals surface area contributed by atoms with Gasteiger partial charge in [0, 0.05) is 5.56 Å². The first-order valence-electron chi connectivity index (χ1n) is 8.35. The first kappa shape index (κ1) is 17.0. The Balaban J connectivity index is 1.72. The van der Waals surface area contributed by atoms with Crippen LogP contribution in [0.2, 0.25) is 0 Å². The molecule has 0 heterocycles. The third-order valence-electron chi connectivity index (χ3n) is 4.28. The molecule has 1 aliphatic carbocycles. The Hall–Kier alpha value is -2.82. The molecule has 0 bridgehead atoms. The molecular formula is C20H21NO4. The molecule has 1 atom stereocenters. The van der Waals surface area contributed by atoms with Gasteiger partial charge in [0.2, 0.25) is 0 Å². The van der Waals surface area contributed by atoms with Crippen LogP contribution in [0.5, 0.6) is 5.75 Å². The quantitative estimate of drug-likeness (QED) is 0.811. The maximum Gasteiger partial charge on any atom is 0.341 e. The Morgan fingerprint density at radius 3 is 2.56 bits per heavy atom. The Bertz CT molecular complexity index is 766. The van der Waals surface area contributed by atoms with Gasteiger partial charge in [-0.2, -0.15) is 0 Å². The van der Waals surface area contributed by atoms with Crippen molar-refractivity contribution in [2.24, 2.45) is 5.92 Å². The highest BCUT2D eigenvalue weighted by molar-refractivity contribution is 5.94. The summed E-state index contributed by atoms with van der Waals surface area (Å²) in [7, 11) is 0. The minimum atomic E-state index is -1.05. The molecule has 0 saturated heterocycles. The van der Waals surface area contributed by atoms with E-state index in [0.29, 0.717) is 17.2 Å².